The lowest BCUT2D eigenvalue weighted by atomic mass is 9.96. The van der Waals surface area contributed by atoms with Gasteiger partial charge in [0, 0.05) is 19.1 Å². The molecule has 0 bridgehead atoms. The molecule has 4 atom stereocenters. The molecule has 1 aliphatic heterocycles. The van der Waals surface area contributed by atoms with Crippen molar-refractivity contribution >= 4 is 5.91 Å². The summed E-state index contributed by atoms with van der Waals surface area (Å²) >= 11 is 0. The molecule has 1 aromatic carbocycles. The van der Waals surface area contributed by atoms with Crippen LogP contribution in [-0.2, 0) is 9.53 Å². The summed E-state index contributed by atoms with van der Waals surface area (Å²) in [7, 11) is 0. The zero-order chi connectivity index (χ0) is 15.4. The fraction of sp³-hybridized carbons (Fsp3) is 0.611. The molecule has 3 N–H and O–H groups in total. The van der Waals surface area contributed by atoms with Crippen molar-refractivity contribution in [3.8, 4) is 0 Å². The van der Waals surface area contributed by atoms with Crippen molar-refractivity contribution in [3.05, 3.63) is 35.9 Å². The topological polar surface area (TPSA) is 64.4 Å². The van der Waals surface area contributed by atoms with E-state index >= 15 is 0 Å². The molecule has 2 fully saturated rings. The zero-order valence-electron chi connectivity index (χ0n) is 13.0. The number of hydrogen-bond donors (Lipinski definition) is 2. The Balaban J connectivity index is 1.65. The van der Waals surface area contributed by atoms with E-state index < -0.39 is 0 Å². The number of nitrogens with two attached hydrogens (primary N) is 1. The van der Waals surface area contributed by atoms with Crippen molar-refractivity contribution < 1.29 is 9.53 Å². The highest BCUT2D eigenvalue weighted by Crippen LogP contribution is 2.29. The van der Waals surface area contributed by atoms with Crippen LogP contribution in [0.4, 0.5) is 0 Å². The SMILES string of the molecule is N[C@@H]1CCC[C@H]1CC(=O)NC(c1ccccc1)C1CCCO1. The van der Waals surface area contributed by atoms with Gasteiger partial charge in [-0.15, -0.1) is 0 Å². The van der Waals surface area contributed by atoms with E-state index in [-0.39, 0.29) is 24.1 Å². The Kier molecular flexibility index (Phi) is 5.11. The first-order valence-corrected chi connectivity index (χ1v) is 8.45. The van der Waals surface area contributed by atoms with Gasteiger partial charge < -0.3 is 15.8 Å². The molecule has 2 unspecified atom stereocenters. The molecule has 4 nitrogen and oxygen atoms in total. The van der Waals surface area contributed by atoms with Gasteiger partial charge in [0.1, 0.15) is 0 Å². The van der Waals surface area contributed by atoms with Crippen LogP contribution in [0.15, 0.2) is 30.3 Å². The molecule has 22 heavy (non-hydrogen) atoms. The molecule has 2 aliphatic rings. The van der Waals surface area contributed by atoms with Crippen molar-refractivity contribution in [2.45, 2.75) is 56.7 Å². The fourth-order valence-electron chi connectivity index (χ4n) is 3.71. The minimum Gasteiger partial charge on any atom is -0.376 e. The third kappa shape index (κ3) is 3.68. The number of ether oxygens (including phenoxy) is 1. The van der Waals surface area contributed by atoms with Crippen LogP contribution >= 0.6 is 0 Å². The maximum Gasteiger partial charge on any atom is 0.220 e. The fourth-order valence-corrected chi connectivity index (χ4v) is 3.71. The van der Waals surface area contributed by atoms with Crippen LogP contribution in [0.1, 0.15) is 50.1 Å². The lowest BCUT2D eigenvalue weighted by Crippen LogP contribution is -2.38. The third-order valence-electron chi connectivity index (χ3n) is 4.98. The van der Waals surface area contributed by atoms with Gasteiger partial charge in [-0.2, -0.15) is 0 Å². The molecule has 1 saturated carbocycles. The molecule has 1 aromatic rings. The number of carbonyl (C=O) groups excluding carboxylic acids is 1. The predicted molar refractivity (Wildman–Crippen MR) is 86.2 cm³/mol. The number of rotatable bonds is 5. The summed E-state index contributed by atoms with van der Waals surface area (Å²) < 4.78 is 5.82. The van der Waals surface area contributed by atoms with Gasteiger partial charge in [0.2, 0.25) is 5.91 Å². The number of benzene rings is 1. The molecule has 0 radical (unpaired) electrons. The van der Waals surface area contributed by atoms with Crippen molar-refractivity contribution in [1.82, 2.24) is 5.32 Å². The second-order valence-corrected chi connectivity index (χ2v) is 6.57. The van der Waals surface area contributed by atoms with Crippen molar-refractivity contribution in [2.75, 3.05) is 6.61 Å². The molecular weight excluding hydrogens is 276 g/mol. The zero-order valence-corrected chi connectivity index (χ0v) is 13.0. The third-order valence-corrected chi connectivity index (χ3v) is 4.98. The lowest BCUT2D eigenvalue weighted by Gasteiger charge is -2.26. The second-order valence-electron chi connectivity index (χ2n) is 6.57. The molecule has 0 aromatic heterocycles. The Morgan fingerprint density at radius 1 is 1.23 bits per heavy atom. The summed E-state index contributed by atoms with van der Waals surface area (Å²) in [6, 6.07) is 10.3. The van der Waals surface area contributed by atoms with Gasteiger partial charge in [0.05, 0.1) is 12.1 Å². The van der Waals surface area contributed by atoms with E-state index in [0.29, 0.717) is 12.3 Å². The van der Waals surface area contributed by atoms with Crippen LogP contribution in [0.2, 0.25) is 0 Å². The Labute approximate surface area is 132 Å². The minimum atomic E-state index is -0.0474. The molecule has 1 heterocycles. The molecule has 1 saturated heterocycles. The van der Waals surface area contributed by atoms with Gasteiger partial charge in [-0.05, 0) is 37.2 Å². The smallest absolute Gasteiger partial charge is 0.220 e. The molecule has 1 aliphatic carbocycles. The number of amides is 1. The van der Waals surface area contributed by atoms with Gasteiger partial charge >= 0.3 is 0 Å². The molecule has 4 heteroatoms. The van der Waals surface area contributed by atoms with Gasteiger partial charge in [0.15, 0.2) is 0 Å². The largest absolute Gasteiger partial charge is 0.376 e. The van der Waals surface area contributed by atoms with Gasteiger partial charge in [-0.25, -0.2) is 0 Å². The van der Waals surface area contributed by atoms with Crippen LogP contribution in [0.3, 0.4) is 0 Å². The van der Waals surface area contributed by atoms with Gasteiger partial charge in [-0.3, -0.25) is 4.79 Å². The summed E-state index contributed by atoms with van der Waals surface area (Å²) in [5.41, 5.74) is 7.21. The molecular formula is C18H26N2O2. The monoisotopic (exact) mass is 302 g/mol. The van der Waals surface area contributed by atoms with Gasteiger partial charge in [-0.1, -0.05) is 36.8 Å². The Morgan fingerprint density at radius 3 is 2.68 bits per heavy atom. The Hall–Kier alpha value is -1.39. The first-order valence-electron chi connectivity index (χ1n) is 8.45. The summed E-state index contributed by atoms with van der Waals surface area (Å²) in [5.74, 6) is 0.438. The van der Waals surface area contributed by atoms with E-state index in [9.17, 15) is 4.79 Å². The molecule has 0 spiro atoms. The maximum atomic E-state index is 12.5. The molecule has 3 rings (SSSR count). The maximum absolute atomic E-state index is 12.5. The normalized spacial score (nSPS) is 29.4. The minimum absolute atomic E-state index is 0.0474. The summed E-state index contributed by atoms with van der Waals surface area (Å²) in [4.78, 5) is 12.5. The summed E-state index contributed by atoms with van der Waals surface area (Å²) in [6.07, 6.45) is 5.96. The van der Waals surface area contributed by atoms with Gasteiger partial charge in [0.25, 0.3) is 0 Å². The van der Waals surface area contributed by atoms with Crippen LogP contribution in [0.5, 0.6) is 0 Å². The van der Waals surface area contributed by atoms with E-state index in [4.69, 9.17) is 10.5 Å². The second kappa shape index (κ2) is 7.25. The average Bonchev–Trinajstić information content (AvgIpc) is 3.18. The number of hydrogen-bond acceptors (Lipinski definition) is 3. The Morgan fingerprint density at radius 2 is 2.05 bits per heavy atom. The van der Waals surface area contributed by atoms with Crippen LogP contribution < -0.4 is 11.1 Å². The summed E-state index contributed by atoms with van der Waals surface area (Å²) in [6.45, 7) is 0.789. The highest BCUT2D eigenvalue weighted by atomic mass is 16.5. The van der Waals surface area contributed by atoms with E-state index in [1.807, 2.05) is 18.2 Å². The Bertz CT molecular complexity index is 485. The molecule has 1 amide bonds. The standard InChI is InChI=1S/C18H26N2O2/c19-15-9-4-8-14(15)12-17(21)20-18(16-10-5-11-22-16)13-6-2-1-3-7-13/h1-3,6-7,14-16,18H,4-5,8-12,19H2,(H,20,21)/t14-,15+,16?,18?/m0/s1. The van der Waals surface area contributed by atoms with E-state index in [1.165, 1.54) is 0 Å². The van der Waals surface area contributed by atoms with Crippen LogP contribution in [0, 0.1) is 5.92 Å². The summed E-state index contributed by atoms with van der Waals surface area (Å²) in [5, 5.41) is 3.20. The van der Waals surface area contributed by atoms with Crippen molar-refractivity contribution in [1.29, 1.82) is 0 Å². The number of nitrogens with one attached hydrogen (secondary N) is 1. The quantitative estimate of drug-likeness (QED) is 0.878. The highest BCUT2D eigenvalue weighted by molar-refractivity contribution is 5.77. The first kappa shape index (κ1) is 15.5. The first-order chi connectivity index (χ1) is 10.7. The van der Waals surface area contributed by atoms with Crippen LogP contribution in [0.25, 0.3) is 0 Å². The van der Waals surface area contributed by atoms with E-state index in [0.717, 1.165) is 44.3 Å². The van der Waals surface area contributed by atoms with Crippen molar-refractivity contribution in [2.24, 2.45) is 11.7 Å². The predicted octanol–water partition coefficient (Wildman–Crippen LogP) is 2.54. The molecule has 120 valence electrons. The van der Waals surface area contributed by atoms with Crippen molar-refractivity contribution in [3.63, 3.8) is 0 Å². The lowest BCUT2D eigenvalue weighted by molar-refractivity contribution is -0.123. The van der Waals surface area contributed by atoms with E-state index in [2.05, 4.69) is 17.4 Å². The average molecular weight is 302 g/mol. The highest BCUT2D eigenvalue weighted by Gasteiger charge is 2.31. The van der Waals surface area contributed by atoms with E-state index in [1.54, 1.807) is 0 Å². The van der Waals surface area contributed by atoms with Crippen LogP contribution in [-0.4, -0.2) is 24.7 Å². The number of carbonyl (C=O) groups is 1.